The molecule has 0 fully saturated rings. The Morgan fingerprint density at radius 1 is 1.17 bits per heavy atom. The zero-order valence-corrected chi connectivity index (χ0v) is 7.21. The van der Waals surface area contributed by atoms with Gasteiger partial charge in [-0.3, -0.25) is 4.98 Å². The molecule has 2 nitrogen and oxygen atoms in total. The molecule has 2 heterocycles. The molecule has 2 rings (SSSR count). The molecule has 0 radical (unpaired) electrons. The van der Waals surface area contributed by atoms with Crippen molar-refractivity contribution >= 4 is 16.3 Å². The molecule has 12 heavy (non-hydrogen) atoms. The lowest BCUT2D eigenvalue weighted by atomic mass is 10.3. The van der Waals surface area contributed by atoms with Crippen molar-refractivity contribution in [3.05, 3.63) is 36.5 Å². The van der Waals surface area contributed by atoms with Gasteiger partial charge in [-0.15, -0.1) is 11.3 Å². The van der Waals surface area contributed by atoms with Crippen LogP contribution >= 0.6 is 11.3 Å². The molecule has 2 aromatic heterocycles. The van der Waals surface area contributed by atoms with E-state index in [4.69, 9.17) is 5.73 Å². The summed E-state index contributed by atoms with van der Waals surface area (Å²) in [5.41, 5.74) is 6.59. The molecule has 60 valence electrons. The average molecular weight is 176 g/mol. The largest absolute Gasteiger partial charge is 0.391 e. The van der Waals surface area contributed by atoms with Crippen molar-refractivity contribution < 1.29 is 0 Å². The monoisotopic (exact) mass is 176 g/mol. The number of hydrogen-bond acceptors (Lipinski definition) is 3. The van der Waals surface area contributed by atoms with E-state index >= 15 is 0 Å². The van der Waals surface area contributed by atoms with E-state index in [2.05, 4.69) is 4.98 Å². The molecule has 3 heteroatoms. The third kappa shape index (κ3) is 1.31. The van der Waals surface area contributed by atoms with Crippen LogP contribution < -0.4 is 5.73 Å². The highest BCUT2D eigenvalue weighted by atomic mass is 32.1. The van der Waals surface area contributed by atoms with Crippen molar-refractivity contribution in [3.8, 4) is 10.6 Å². The van der Waals surface area contributed by atoms with Gasteiger partial charge in [-0.2, -0.15) is 0 Å². The Balaban J connectivity index is 2.45. The summed E-state index contributed by atoms with van der Waals surface area (Å²) in [6.07, 6.45) is 1.78. The third-order valence-electron chi connectivity index (χ3n) is 1.54. The van der Waals surface area contributed by atoms with E-state index in [9.17, 15) is 0 Å². The quantitative estimate of drug-likeness (QED) is 0.724. The molecule has 0 amide bonds. The Hall–Kier alpha value is -1.35. The lowest BCUT2D eigenvalue weighted by Crippen LogP contribution is -1.76. The summed E-state index contributed by atoms with van der Waals surface area (Å²) in [6, 6.07) is 9.74. The van der Waals surface area contributed by atoms with Gasteiger partial charge >= 0.3 is 0 Å². The van der Waals surface area contributed by atoms with Gasteiger partial charge in [0.1, 0.15) is 0 Å². The Bertz CT molecular complexity index is 367. The highest BCUT2D eigenvalue weighted by molar-refractivity contribution is 7.19. The van der Waals surface area contributed by atoms with Crippen molar-refractivity contribution in [3.63, 3.8) is 0 Å². The number of anilines is 1. The first-order valence-electron chi connectivity index (χ1n) is 3.63. The highest BCUT2D eigenvalue weighted by Crippen LogP contribution is 2.27. The van der Waals surface area contributed by atoms with Crippen LogP contribution in [-0.4, -0.2) is 4.98 Å². The number of nitrogens with zero attached hydrogens (tertiary/aromatic N) is 1. The van der Waals surface area contributed by atoms with Gasteiger partial charge in [0.15, 0.2) is 0 Å². The second kappa shape index (κ2) is 2.95. The van der Waals surface area contributed by atoms with Gasteiger partial charge < -0.3 is 5.73 Å². The summed E-state index contributed by atoms with van der Waals surface area (Å²) in [5, 5.41) is 0.829. The number of nitrogens with two attached hydrogens (primary N) is 1. The topological polar surface area (TPSA) is 38.9 Å². The first-order valence-corrected chi connectivity index (χ1v) is 4.44. The maximum atomic E-state index is 5.61. The predicted octanol–water partition coefficient (Wildman–Crippen LogP) is 2.39. The van der Waals surface area contributed by atoms with E-state index < -0.39 is 0 Å². The molecule has 0 aliphatic heterocycles. The van der Waals surface area contributed by atoms with Crippen molar-refractivity contribution in [2.45, 2.75) is 0 Å². The summed E-state index contributed by atoms with van der Waals surface area (Å²) >= 11 is 1.56. The lowest BCUT2D eigenvalue weighted by Gasteiger charge is -1.92. The van der Waals surface area contributed by atoms with Gasteiger partial charge in [0, 0.05) is 6.20 Å². The molecule has 0 saturated carbocycles. The minimum absolute atomic E-state index is 0.829. The van der Waals surface area contributed by atoms with E-state index in [1.54, 1.807) is 17.5 Å². The van der Waals surface area contributed by atoms with Crippen LogP contribution in [0.2, 0.25) is 0 Å². The van der Waals surface area contributed by atoms with Crippen LogP contribution in [0.3, 0.4) is 0 Å². The van der Waals surface area contributed by atoms with E-state index in [0.717, 1.165) is 15.6 Å². The first kappa shape index (κ1) is 7.31. The fourth-order valence-electron chi connectivity index (χ4n) is 0.999. The van der Waals surface area contributed by atoms with Crippen molar-refractivity contribution in [2.75, 3.05) is 5.73 Å². The van der Waals surface area contributed by atoms with Crippen LogP contribution in [-0.2, 0) is 0 Å². The highest BCUT2D eigenvalue weighted by Gasteiger charge is 1.99. The van der Waals surface area contributed by atoms with E-state index in [0.29, 0.717) is 0 Å². The molecule has 2 aromatic rings. The molecule has 0 unspecified atom stereocenters. The number of nitrogen functional groups attached to an aromatic ring is 1. The van der Waals surface area contributed by atoms with Gasteiger partial charge in [-0.25, -0.2) is 0 Å². The van der Waals surface area contributed by atoms with Gasteiger partial charge in [0.2, 0.25) is 0 Å². The molecule has 0 spiro atoms. The van der Waals surface area contributed by atoms with Gasteiger partial charge in [-0.1, -0.05) is 6.07 Å². The van der Waals surface area contributed by atoms with Crippen LogP contribution in [0, 0.1) is 0 Å². The molecular weight excluding hydrogens is 168 g/mol. The Labute approximate surface area is 74.7 Å². The molecule has 0 bridgehead atoms. The van der Waals surface area contributed by atoms with Crippen molar-refractivity contribution in [2.24, 2.45) is 0 Å². The summed E-state index contributed by atoms with van der Waals surface area (Å²) < 4.78 is 0. The van der Waals surface area contributed by atoms with Crippen LogP contribution in [0.5, 0.6) is 0 Å². The number of pyridine rings is 1. The van der Waals surface area contributed by atoms with Crippen molar-refractivity contribution in [1.29, 1.82) is 0 Å². The molecule has 0 atom stereocenters. The van der Waals surface area contributed by atoms with Gasteiger partial charge in [0.05, 0.1) is 15.6 Å². The lowest BCUT2D eigenvalue weighted by molar-refractivity contribution is 1.34. The minimum atomic E-state index is 0.829. The molecule has 0 aliphatic carbocycles. The Morgan fingerprint density at radius 3 is 2.67 bits per heavy atom. The molecular formula is C9H8N2S. The number of aromatic nitrogens is 1. The number of thiophene rings is 1. The molecule has 0 aromatic carbocycles. The van der Waals surface area contributed by atoms with E-state index in [-0.39, 0.29) is 0 Å². The standard InChI is InChI=1S/C9H8N2S/c10-9-5-4-8(12-9)7-3-1-2-6-11-7/h1-6H,10H2. The summed E-state index contributed by atoms with van der Waals surface area (Å²) in [4.78, 5) is 5.34. The fraction of sp³-hybridized carbons (Fsp3) is 0. The zero-order chi connectivity index (χ0) is 8.39. The average Bonchev–Trinajstić information content (AvgIpc) is 2.54. The molecule has 0 saturated heterocycles. The van der Waals surface area contributed by atoms with E-state index in [1.165, 1.54) is 0 Å². The summed E-state index contributed by atoms with van der Waals surface area (Å²) in [5.74, 6) is 0. The van der Waals surface area contributed by atoms with Crippen LogP contribution in [0.1, 0.15) is 0 Å². The molecule has 2 N–H and O–H groups in total. The SMILES string of the molecule is Nc1ccc(-c2ccccn2)s1. The van der Waals surface area contributed by atoms with Crippen LogP contribution in [0.15, 0.2) is 36.5 Å². The summed E-state index contributed by atoms with van der Waals surface area (Å²) in [6.45, 7) is 0. The normalized spacial score (nSPS) is 10.0. The Kier molecular flexibility index (Phi) is 1.80. The maximum absolute atomic E-state index is 5.61. The van der Waals surface area contributed by atoms with Crippen LogP contribution in [0.25, 0.3) is 10.6 Å². The molecule has 0 aliphatic rings. The Morgan fingerprint density at radius 2 is 2.08 bits per heavy atom. The second-order valence-corrected chi connectivity index (χ2v) is 3.53. The number of hydrogen-bond donors (Lipinski definition) is 1. The van der Waals surface area contributed by atoms with Crippen molar-refractivity contribution in [1.82, 2.24) is 4.98 Å². The number of rotatable bonds is 1. The van der Waals surface area contributed by atoms with Crippen LogP contribution in [0.4, 0.5) is 5.00 Å². The second-order valence-electron chi connectivity index (χ2n) is 2.42. The minimum Gasteiger partial charge on any atom is -0.391 e. The fourth-order valence-corrected chi connectivity index (χ4v) is 1.75. The van der Waals surface area contributed by atoms with Gasteiger partial charge in [-0.05, 0) is 24.3 Å². The first-order chi connectivity index (χ1) is 5.86. The summed E-state index contributed by atoms with van der Waals surface area (Å²) in [7, 11) is 0. The maximum Gasteiger partial charge on any atom is 0.0863 e. The van der Waals surface area contributed by atoms with E-state index in [1.807, 2.05) is 30.3 Å². The zero-order valence-electron chi connectivity index (χ0n) is 6.40. The third-order valence-corrected chi connectivity index (χ3v) is 2.48. The predicted molar refractivity (Wildman–Crippen MR) is 52.0 cm³/mol. The smallest absolute Gasteiger partial charge is 0.0863 e. The van der Waals surface area contributed by atoms with Gasteiger partial charge in [0.25, 0.3) is 0 Å².